The van der Waals surface area contributed by atoms with Crippen molar-refractivity contribution in [2.24, 2.45) is 0 Å². The molecular formula is C12H13N3O. The lowest BCUT2D eigenvalue weighted by Gasteiger charge is -2.06. The normalized spacial score (nSPS) is 10.4. The average Bonchev–Trinajstić information content (AvgIpc) is 2.27. The van der Waals surface area contributed by atoms with E-state index in [0.29, 0.717) is 5.82 Å². The van der Waals surface area contributed by atoms with Crippen molar-refractivity contribution in [1.82, 2.24) is 15.0 Å². The molecule has 0 atom stereocenters. The van der Waals surface area contributed by atoms with Crippen LogP contribution in [-0.4, -0.2) is 15.0 Å². The number of aryl methyl sites for hydroxylation is 2. The summed E-state index contributed by atoms with van der Waals surface area (Å²) in [5.41, 5.74) is 2.62. The third kappa shape index (κ3) is 2.00. The summed E-state index contributed by atoms with van der Waals surface area (Å²) in [4.78, 5) is 22.5. The second-order valence-electron chi connectivity index (χ2n) is 3.62. The summed E-state index contributed by atoms with van der Waals surface area (Å²) in [5, 5.41) is 0. The second kappa shape index (κ2) is 4.26. The number of hydrogen-bond donors (Lipinski definition) is 1. The van der Waals surface area contributed by atoms with Crippen LogP contribution >= 0.6 is 0 Å². The van der Waals surface area contributed by atoms with Crippen LogP contribution in [0.2, 0.25) is 0 Å². The molecule has 1 N–H and O–H groups in total. The maximum absolute atomic E-state index is 11.4. The van der Waals surface area contributed by atoms with Gasteiger partial charge in [-0.05, 0) is 25.0 Å². The van der Waals surface area contributed by atoms with Crippen LogP contribution in [0.5, 0.6) is 0 Å². The largest absolute Gasteiger partial charge is 0.307 e. The molecule has 0 saturated carbocycles. The molecule has 0 radical (unpaired) electrons. The molecule has 2 aromatic rings. The molecule has 0 saturated heterocycles. The van der Waals surface area contributed by atoms with Crippen molar-refractivity contribution in [3.63, 3.8) is 0 Å². The number of H-pyrrole nitrogens is 1. The smallest absolute Gasteiger partial charge is 0.251 e. The Morgan fingerprint density at radius 1 is 1.44 bits per heavy atom. The minimum absolute atomic E-state index is 0.124. The molecule has 4 nitrogen and oxygen atoms in total. The van der Waals surface area contributed by atoms with E-state index in [1.54, 1.807) is 12.4 Å². The van der Waals surface area contributed by atoms with Crippen LogP contribution in [0.4, 0.5) is 0 Å². The molecule has 2 rings (SSSR count). The predicted molar refractivity (Wildman–Crippen MR) is 62.2 cm³/mol. The number of rotatable bonds is 2. The third-order valence-corrected chi connectivity index (χ3v) is 2.41. The first-order chi connectivity index (χ1) is 7.70. The van der Waals surface area contributed by atoms with Crippen molar-refractivity contribution < 1.29 is 0 Å². The van der Waals surface area contributed by atoms with Crippen LogP contribution in [0, 0.1) is 6.92 Å². The van der Waals surface area contributed by atoms with Crippen molar-refractivity contribution in [2.45, 2.75) is 20.3 Å². The van der Waals surface area contributed by atoms with Gasteiger partial charge in [0, 0.05) is 29.7 Å². The second-order valence-corrected chi connectivity index (χ2v) is 3.62. The van der Waals surface area contributed by atoms with Gasteiger partial charge in [-0.15, -0.1) is 0 Å². The molecule has 0 amide bonds. The van der Waals surface area contributed by atoms with Gasteiger partial charge in [0.25, 0.3) is 5.56 Å². The highest BCUT2D eigenvalue weighted by molar-refractivity contribution is 5.58. The van der Waals surface area contributed by atoms with Gasteiger partial charge in [0.1, 0.15) is 5.82 Å². The zero-order valence-electron chi connectivity index (χ0n) is 9.32. The lowest BCUT2D eigenvalue weighted by molar-refractivity contribution is 1.04. The average molecular weight is 215 g/mol. The van der Waals surface area contributed by atoms with Gasteiger partial charge in [-0.25, -0.2) is 4.98 Å². The molecule has 2 aromatic heterocycles. The highest BCUT2D eigenvalue weighted by Crippen LogP contribution is 2.18. The maximum Gasteiger partial charge on any atom is 0.251 e. The van der Waals surface area contributed by atoms with Crippen molar-refractivity contribution in [1.29, 1.82) is 0 Å². The SMILES string of the molecule is CCc1cnccc1-c1nc(C)cc(=O)[nH]1. The molecule has 0 unspecified atom stereocenters. The van der Waals surface area contributed by atoms with E-state index in [1.807, 2.05) is 13.0 Å². The van der Waals surface area contributed by atoms with E-state index in [2.05, 4.69) is 21.9 Å². The summed E-state index contributed by atoms with van der Waals surface area (Å²) >= 11 is 0. The Balaban J connectivity index is 2.62. The molecule has 0 aromatic carbocycles. The van der Waals surface area contributed by atoms with Crippen LogP contribution in [0.25, 0.3) is 11.4 Å². The molecular weight excluding hydrogens is 202 g/mol. The van der Waals surface area contributed by atoms with Gasteiger partial charge in [0.15, 0.2) is 0 Å². The zero-order chi connectivity index (χ0) is 11.5. The van der Waals surface area contributed by atoms with Gasteiger partial charge < -0.3 is 4.98 Å². The Hall–Kier alpha value is -1.97. The highest BCUT2D eigenvalue weighted by atomic mass is 16.1. The van der Waals surface area contributed by atoms with E-state index >= 15 is 0 Å². The van der Waals surface area contributed by atoms with Gasteiger partial charge in [-0.3, -0.25) is 9.78 Å². The van der Waals surface area contributed by atoms with Crippen LogP contribution in [0.3, 0.4) is 0 Å². The molecule has 0 fully saturated rings. The topological polar surface area (TPSA) is 58.6 Å². The Morgan fingerprint density at radius 3 is 2.94 bits per heavy atom. The molecule has 4 heteroatoms. The van der Waals surface area contributed by atoms with E-state index in [1.165, 1.54) is 6.07 Å². The maximum atomic E-state index is 11.4. The van der Waals surface area contributed by atoms with Crippen molar-refractivity contribution in [2.75, 3.05) is 0 Å². The zero-order valence-corrected chi connectivity index (χ0v) is 9.32. The summed E-state index contributed by atoms with van der Waals surface area (Å²) in [7, 11) is 0. The van der Waals surface area contributed by atoms with Crippen molar-refractivity contribution >= 4 is 0 Å². The molecule has 0 bridgehead atoms. The number of nitrogens with one attached hydrogen (secondary N) is 1. The number of aromatic amines is 1. The van der Waals surface area contributed by atoms with Crippen molar-refractivity contribution in [3.8, 4) is 11.4 Å². The fourth-order valence-electron chi connectivity index (χ4n) is 1.65. The van der Waals surface area contributed by atoms with Crippen LogP contribution in [0.1, 0.15) is 18.2 Å². The number of aromatic nitrogens is 3. The van der Waals surface area contributed by atoms with Crippen LogP contribution in [-0.2, 0) is 6.42 Å². The van der Waals surface area contributed by atoms with Crippen molar-refractivity contribution in [3.05, 3.63) is 46.1 Å². The fraction of sp³-hybridized carbons (Fsp3) is 0.250. The molecule has 0 aliphatic heterocycles. The number of pyridine rings is 1. The first-order valence-corrected chi connectivity index (χ1v) is 5.22. The summed E-state index contributed by atoms with van der Waals surface area (Å²) in [5.74, 6) is 0.615. The third-order valence-electron chi connectivity index (χ3n) is 2.41. The van der Waals surface area contributed by atoms with E-state index in [4.69, 9.17) is 0 Å². The molecule has 0 spiro atoms. The quantitative estimate of drug-likeness (QED) is 0.829. The van der Waals surface area contributed by atoms with Gasteiger partial charge in [0.05, 0.1) is 0 Å². The van der Waals surface area contributed by atoms with Crippen LogP contribution in [0.15, 0.2) is 29.3 Å². The number of hydrogen-bond acceptors (Lipinski definition) is 3. The minimum atomic E-state index is -0.124. The molecule has 2 heterocycles. The summed E-state index contributed by atoms with van der Waals surface area (Å²) < 4.78 is 0. The monoisotopic (exact) mass is 215 g/mol. The number of nitrogens with zero attached hydrogens (tertiary/aromatic N) is 2. The summed E-state index contributed by atoms with van der Waals surface area (Å²) in [6.07, 6.45) is 4.37. The lowest BCUT2D eigenvalue weighted by atomic mass is 10.1. The molecule has 0 aliphatic carbocycles. The van der Waals surface area contributed by atoms with E-state index < -0.39 is 0 Å². The highest BCUT2D eigenvalue weighted by Gasteiger charge is 2.06. The summed E-state index contributed by atoms with van der Waals surface area (Å²) in [6, 6.07) is 3.35. The van der Waals surface area contributed by atoms with Gasteiger partial charge >= 0.3 is 0 Å². The lowest BCUT2D eigenvalue weighted by Crippen LogP contribution is -2.09. The standard InChI is InChI=1S/C12H13N3O/c1-3-9-7-13-5-4-10(9)12-14-8(2)6-11(16)15-12/h4-7H,3H2,1-2H3,(H,14,15,16). The fourth-order valence-corrected chi connectivity index (χ4v) is 1.65. The van der Waals surface area contributed by atoms with Gasteiger partial charge in [-0.2, -0.15) is 0 Å². The van der Waals surface area contributed by atoms with E-state index in [-0.39, 0.29) is 5.56 Å². The summed E-state index contributed by atoms with van der Waals surface area (Å²) in [6.45, 7) is 3.86. The van der Waals surface area contributed by atoms with Crippen LogP contribution < -0.4 is 5.56 Å². The molecule has 16 heavy (non-hydrogen) atoms. The van der Waals surface area contributed by atoms with E-state index in [9.17, 15) is 4.79 Å². The Bertz CT molecular complexity index is 560. The minimum Gasteiger partial charge on any atom is -0.307 e. The Morgan fingerprint density at radius 2 is 2.25 bits per heavy atom. The first kappa shape index (κ1) is 10.5. The first-order valence-electron chi connectivity index (χ1n) is 5.22. The molecule has 0 aliphatic rings. The predicted octanol–water partition coefficient (Wildman–Crippen LogP) is 1.70. The van der Waals surface area contributed by atoms with E-state index in [0.717, 1.165) is 23.2 Å². The Kier molecular flexibility index (Phi) is 2.81. The van der Waals surface area contributed by atoms with Gasteiger partial charge in [-0.1, -0.05) is 6.92 Å². The Labute approximate surface area is 93.4 Å². The molecule has 82 valence electrons. The van der Waals surface area contributed by atoms with Gasteiger partial charge in [0.2, 0.25) is 0 Å².